The molecule has 5 aliphatic rings. The van der Waals surface area contributed by atoms with Crippen molar-refractivity contribution in [1.29, 1.82) is 0 Å². The van der Waals surface area contributed by atoms with Crippen molar-refractivity contribution in [2.75, 3.05) is 53.3 Å². The van der Waals surface area contributed by atoms with E-state index in [1.165, 1.54) is 60.4 Å². The first-order chi connectivity index (χ1) is 20.1. The van der Waals surface area contributed by atoms with Crippen molar-refractivity contribution in [1.82, 2.24) is 10.2 Å². The highest BCUT2D eigenvalue weighted by molar-refractivity contribution is 5.95. The lowest BCUT2D eigenvalue weighted by Crippen LogP contribution is -2.48. The third-order valence-electron chi connectivity index (χ3n) is 10.1. The Morgan fingerprint density at radius 3 is 2.22 bits per heavy atom. The Bertz CT molecular complexity index is 1360. The molecule has 4 saturated carbocycles. The summed E-state index contributed by atoms with van der Waals surface area (Å²) in [7, 11) is 1.69. The maximum absolute atomic E-state index is 13.0. The molecule has 1 saturated heterocycles. The van der Waals surface area contributed by atoms with Gasteiger partial charge in [-0.25, -0.2) is 0 Å². The molecule has 6 nitrogen and oxygen atoms in total. The Kier molecular flexibility index (Phi) is 7.48. The third-order valence-corrected chi connectivity index (χ3v) is 10.1. The maximum atomic E-state index is 13.0. The molecule has 4 aliphatic carbocycles. The van der Waals surface area contributed by atoms with Crippen LogP contribution in [0.1, 0.15) is 54.4 Å². The van der Waals surface area contributed by atoms with E-state index in [2.05, 4.69) is 47.8 Å². The van der Waals surface area contributed by atoms with E-state index >= 15 is 0 Å². The summed E-state index contributed by atoms with van der Waals surface area (Å²) >= 11 is 0. The number of nitrogens with zero attached hydrogens (tertiary/aromatic N) is 1. The van der Waals surface area contributed by atoms with Crippen LogP contribution >= 0.6 is 0 Å². The van der Waals surface area contributed by atoms with Crippen LogP contribution in [0.15, 0.2) is 54.6 Å². The van der Waals surface area contributed by atoms with Crippen LogP contribution in [-0.2, 0) is 14.9 Å². The van der Waals surface area contributed by atoms with Crippen molar-refractivity contribution >= 4 is 16.7 Å². The van der Waals surface area contributed by atoms with Crippen LogP contribution in [0.25, 0.3) is 21.9 Å². The predicted molar refractivity (Wildman–Crippen MR) is 161 cm³/mol. The molecule has 3 aromatic rings. The average molecular weight is 555 g/mol. The Morgan fingerprint density at radius 1 is 0.854 bits per heavy atom. The molecular weight excluding hydrogens is 512 g/mol. The van der Waals surface area contributed by atoms with Crippen LogP contribution in [0.3, 0.4) is 0 Å². The molecule has 5 fully saturated rings. The van der Waals surface area contributed by atoms with Crippen molar-refractivity contribution in [3.8, 4) is 16.9 Å². The van der Waals surface area contributed by atoms with E-state index in [4.69, 9.17) is 14.2 Å². The second kappa shape index (κ2) is 11.4. The zero-order chi connectivity index (χ0) is 27.8. The van der Waals surface area contributed by atoms with Crippen LogP contribution < -0.4 is 10.1 Å². The summed E-state index contributed by atoms with van der Waals surface area (Å²) in [5.74, 6) is 3.68. The van der Waals surface area contributed by atoms with E-state index in [1.54, 1.807) is 7.11 Å². The van der Waals surface area contributed by atoms with Gasteiger partial charge in [0.15, 0.2) is 6.79 Å². The number of nitrogens with one attached hydrogen (secondary N) is 1. The lowest BCUT2D eigenvalue weighted by atomic mass is 9.48. The molecule has 6 heteroatoms. The number of fused-ring (bicyclic) bond motifs is 1. The van der Waals surface area contributed by atoms with Gasteiger partial charge in [-0.3, -0.25) is 4.79 Å². The highest BCUT2D eigenvalue weighted by atomic mass is 16.7. The smallest absolute Gasteiger partial charge is 0.253 e. The second-order valence-corrected chi connectivity index (χ2v) is 12.9. The number of hydrogen-bond acceptors (Lipinski definition) is 5. The van der Waals surface area contributed by atoms with Gasteiger partial charge in [-0.15, -0.1) is 0 Å². The topological polar surface area (TPSA) is 60.0 Å². The van der Waals surface area contributed by atoms with E-state index in [9.17, 15) is 4.79 Å². The molecule has 0 radical (unpaired) electrons. The standard InChI is InChI=1S/C35H42N2O4/c1-39-12-13-40-23-41-33-19-30-7-6-29(27-2-4-28(5-3-27)34(38)37-10-8-36-9-11-37)17-31(30)18-32(33)35-20-24-14-25(21-35)16-26(15-24)22-35/h2-7,17-19,24-26,36H,8-16,20-23H2,1H3. The fourth-order valence-electron chi connectivity index (χ4n) is 8.59. The number of amides is 1. The molecule has 1 N–H and O–H groups in total. The minimum atomic E-state index is 0.121. The fourth-order valence-corrected chi connectivity index (χ4v) is 8.59. The van der Waals surface area contributed by atoms with Gasteiger partial charge in [0, 0.05) is 44.4 Å². The first-order valence-electron chi connectivity index (χ1n) is 15.5. The molecule has 8 rings (SSSR count). The molecule has 1 heterocycles. The summed E-state index contributed by atoms with van der Waals surface area (Å²) in [5.41, 5.74) is 4.66. The number of hydrogen-bond donors (Lipinski definition) is 1. The Hall–Kier alpha value is -2.93. The zero-order valence-corrected chi connectivity index (χ0v) is 24.2. The number of rotatable bonds is 9. The summed E-state index contributed by atoms with van der Waals surface area (Å²) in [4.78, 5) is 14.9. The van der Waals surface area contributed by atoms with Crippen LogP contribution in [0.2, 0.25) is 0 Å². The molecule has 0 aromatic heterocycles. The maximum Gasteiger partial charge on any atom is 0.253 e. The minimum absolute atomic E-state index is 0.121. The zero-order valence-electron chi connectivity index (χ0n) is 24.2. The number of methoxy groups -OCH3 is 1. The van der Waals surface area contributed by atoms with Gasteiger partial charge in [0.05, 0.1) is 13.2 Å². The van der Waals surface area contributed by atoms with Crippen LogP contribution in [0.4, 0.5) is 0 Å². The van der Waals surface area contributed by atoms with Crippen molar-refractivity contribution in [2.45, 2.75) is 43.9 Å². The number of ether oxygens (including phenoxy) is 3. The van der Waals surface area contributed by atoms with Crippen LogP contribution in [0, 0.1) is 17.8 Å². The molecule has 0 atom stereocenters. The molecule has 0 spiro atoms. The van der Waals surface area contributed by atoms with Crippen molar-refractivity contribution in [3.05, 3.63) is 65.7 Å². The monoisotopic (exact) mass is 554 g/mol. The minimum Gasteiger partial charge on any atom is -0.467 e. The van der Waals surface area contributed by atoms with Gasteiger partial charge in [0.1, 0.15) is 5.75 Å². The normalized spacial score (nSPS) is 27.0. The Labute approximate surface area is 243 Å². The first-order valence-corrected chi connectivity index (χ1v) is 15.5. The summed E-state index contributed by atoms with van der Waals surface area (Å²) in [5, 5.41) is 5.75. The number of carbonyl (C=O) groups excluding carboxylic acids is 1. The highest BCUT2D eigenvalue weighted by Crippen LogP contribution is 2.62. The first kappa shape index (κ1) is 26.9. The van der Waals surface area contributed by atoms with Gasteiger partial charge in [0.25, 0.3) is 5.91 Å². The lowest BCUT2D eigenvalue weighted by molar-refractivity contribution is -0.0188. The van der Waals surface area contributed by atoms with E-state index in [0.29, 0.717) is 13.2 Å². The average Bonchev–Trinajstić information content (AvgIpc) is 3.00. The summed E-state index contributed by atoms with van der Waals surface area (Å²) in [6.45, 7) is 4.59. The highest BCUT2D eigenvalue weighted by Gasteiger charge is 2.52. The molecule has 1 amide bonds. The predicted octanol–water partition coefficient (Wildman–Crippen LogP) is 6.02. The van der Waals surface area contributed by atoms with Gasteiger partial charge >= 0.3 is 0 Å². The molecule has 216 valence electrons. The summed E-state index contributed by atoms with van der Waals surface area (Å²) < 4.78 is 17.2. The van der Waals surface area contributed by atoms with Gasteiger partial charge in [-0.2, -0.15) is 0 Å². The Morgan fingerprint density at radius 2 is 1.54 bits per heavy atom. The van der Waals surface area contributed by atoms with Gasteiger partial charge < -0.3 is 24.4 Å². The van der Waals surface area contributed by atoms with E-state index in [-0.39, 0.29) is 18.1 Å². The van der Waals surface area contributed by atoms with Crippen LogP contribution in [-0.4, -0.2) is 64.1 Å². The second-order valence-electron chi connectivity index (χ2n) is 12.9. The molecule has 41 heavy (non-hydrogen) atoms. The number of carbonyl (C=O) groups is 1. The van der Waals surface area contributed by atoms with E-state index in [0.717, 1.165) is 60.8 Å². The van der Waals surface area contributed by atoms with Crippen molar-refractivity contribution in [3.63, 3.8) is 0 Å². The Balaban J connectivity index is 1.19. The summed E-state index contributed by atoms with van der Waals surface area (Å²) in [6.07, 6.45) is 8.11. The summed E-state index contributed by atoms with van der Waals surface area (Å²) in [6, 6.07) is 19.5. The molecular formula is C35H42N2O4. The molecule has 4 bridgehead atoms. The molecule has 0 unspecified atom stereocenters. The SMILES string of the molecule is COCCOCOc1cc2ccc(-c3ccc(C(=O)N4CCNCC4)cc3)cc2cc1C12CC3CC(CC(C3)C1)C2. The van der Waals surface area contributed by atoms with Gasteiger partial charge in [-0.05, 0) is 114 Å². The third kappa shape index (κ3) is 5.38. The van der Waals surface area contributed by atoms with Gasteiger partial charge in [0.2, 0.25) is 0 Å². The van der Waals surface area contributed by atoms with E-state index < -0.39 is 0 Å². The molecule has 3 aromatic carbocycles. The van der Waals surface area contributed by atoms with E-state index in [1.807, 2.05) is 17.0 Å². The number of benzene rings is 3. The molecule has 1 aliphatic heterocycles. The van der Waals surface area contributed by atoms with Crippen LogP contribution in [0.5, 0.6) is 5.75 Å². The van der Waals surface area contributed by atoms with Gasteiger partial charge in [-0.1, -0.05) is 24.3 Å². The largest absolute Gasteiger partial charge is 0.467 e. The van der Waals surface area contributed by atoms with Crippen molar-refractivity contribution < 1.29 is 19.0 Å². The number of piperazine rings is 1. The van der Waals surface area contributed by atoms with Crippen molar-refractivity contribution in [2.24, 2.45) is 17.8 Å². The lowest BCUT2D eigenvalue weighted by Gasteiger charge is -2.57. The quantitative estimate of drug-likeness (QED) is 0.259. The fraction of sp³-hybridized carbons (Fsp3) is 0.514.